The highest BCUT2D eigenvalue weighted by Gasteiger charge is 2.15. The Morgan fingerprint density at radius 2 is 1.72 bits per heavy atom. The molecule has 4 rings (SSSR count). The van der Waals surface area contributed by atoms with Crippen molar-refractivity contribution < 1.29 is 19.0 Å². The van der Waals surface area contributed by atoms with Gasteiger partial charge in [0.25, 0.3) is 0 Å². The van der Waals surface area contributed by atoms with E-state index in [0.717, 1.165) is 24.2 Å². The van der Waals surface area contributed by atoms with Gasteiger partial charge in [-0.15, -0.1) is 0 Å². The van der Waals surface area contributed by atoms with Crippen LogP contribution < -0.4 is 14.9 Å². The number of aryl methyl sites for hydroxylation is 2. The van der Waals surface area contributed by atoms with Crippen LogP contribution in [0.3, 0.4) is 0 Å². The monoisotopic (exact) mass is 437 g/mol. The Labute approximate surface area is 188 Å². The number of β-amino-alcohol motifs (C(OH)–C–C–N with tert-alkyl or cyclic N) is 1. The summed E-state index contributed by atoms with van der Waals surface area (Å²) in [4.78, 5) is 15.2. The summed E-state index contributed by atoms with van der Waals surface area (Å²) >= 11 is 0. The zero-order chi connectivity index (χ0) is 22.5. The summed E-state index contributed by atoms with van der Waals surface area (Å²) in [5.41, 5.74) is 2.30. The molecule has 170 valence electrons. The maximum atomic E-state index is 12.9. The minimum Gasteiger partial charge on any atom is -0.491 e. The van der Waals surface area contributed by atoms with E-state index in [2.05, 4.69) is 4.90 Å². The third-order valence-corrected chi connectivity index (χ3v) is 5.75. The highest BCUT2D eigenvalue weighted by molar-refractivity contribution is 5.79. The summed E-state index contributed by atoms with van der Waals surface area (Å²) in [6, 6.07) is 10.9. The van der Waals surface area contributed by atoms with Gasteiger partial charge >= 0.3 is 0 Å². The second-order valence-electron chi connectivity index (χ2n) is 8.69. The molecule has 1 aliphatic heterocycles. The predicted molar refractivity (Wildman–Crippen MR) is 125 cm³/mol. The van der Waals surface area contributed by atoms with E-state index in [1.807, 2.05) is 32.0 Å². The van der Waals surface area contributed by atoms with Crippen molar-refractivity contribution in [2.24, 2.45) is 0 Å². The van der Waals surface area contributed by atoms with Gasteiger partial charge < -0.3 is 23.9 Å². The molecular weight excluding hydrogens is 406 g/mol. The van der Waals surface area contributed by atoms with Crippen LogP contribution in [0.1, 0.15) is 36.8 Å². The molecule has 0 spiro atoms. The number of ether oxygens (including phenoxy) is 2. The van der Waals surface area contributed by atoms with Crippen LogP contribution in [0, 0.1) is 13.8 Å². The summed E-state index contributed by atoms with van der Waals surface area (Å²) in [5.74, 6) is 1.30. The number of likely N-dealkylation sites (tertiary alicyclic amines) is 1. The van der Waals surface area contributed by atoms with Crippen LogP contribution >= 0.6 is 0 Å². The molecule has 1 saturated heterocycles. The molecule has 2 aromatic carbocycles. The average molecular weight is 438 g/mol. The zero-order valence-corrected chi connectivity index (χ0v) is 18.8. The fraction of sp³-hybridized carbons (Fsp3) is 0.423. The topological polar surface area (TPSA) is 72.1 Å². The first-order valence-electron chi connectivity index (χ1n) is 11.3. The number of nitrogens with zero attached hydrogens (tertiary/aromatic N) is 1. The van der Waals surface area contributed by atoms with E-state index in [0.29, 0.717) is 29.0 Å². The molecule has 6 heteroatoms. The van der Waals surface area contributed by atoms with Crippen molar-refractivity contribution in [1.29, 1.82) is 0 Å². The van der Waals surface area contributed by atoms with Gasteiger partial charge in [0, 0.05) is 12.6 Å². The van der Waals surface area contributed by atoms with Crippen molar-refractivity contribution >= 4 is 11.0 Å². The lowest BCUT2D eigenvalue weighted by Crippen LogP contribution is -2.36. The second kappa shape index (κ2) is 10.2. The molecule has 0 bridgehead atoms. The van der Waals surface area contributed by atoms with Gasteiger partial charge in [-0.2, -0.15) is 0 Å². The van der Waals surface area contributed by atoms with Crippen LogP contribution in [0.2, 0.25) is 0 Å². The lowest BCUT2D eigenvalue weighted by atomic mass is 10.1. The molecule has 6 nitrogen and oxygen atoms in total. The second-order valence-corrected chi connectivity index (χ2v) is 8.69. The molecule has 0 aliphatic carbocycles. The van der Waals surface area contributed by atoms with Gasteiger partial charge in [0.1, 0.15) is 36.1 Å². The number of hydrogen-bond acceptors (Lipinski definition) is 6. The minimum atomic E-state index is -0.565. The van der Waals surface area contributed by atoms with Crippen LogP contribution in [0.25, 0.3) is 11.0 Å². The zero-order valence-electron chi connectivity index (χ0n) is 18.8. The molecule has 3 aromatic rings. The van der Waals surface area contributed by atoms with Crippen molar-refractivity contribution in [3.05, 3.63) is 64.0 Å². The molecule has 1 unspecified atom stereocenters. The van der Waals surface area contributed by atoms with E-state index in [-0.39, 0.29) is 17.8 Å². The van der Waals surface area contributed by atoms with Crippen molar-refractivity contribution in [3.8, 4) is 17.2 Å². The van der Waals surface area contributed by atoms with E-state index < -0.39 is 6.10 Å². The Kier molecular flexibility index (Phi) is 7.12. The Bertz CT molecular complexity index is 1090. The summed E-state index contributed by atoms with van der Waals surface area (Å²) in [7, 11) is 0. The van der Waals surface area contributed by atoms with Gasteiger partial charge in [-0.25, -0.2) is 0 Å². The van der Waals surface area contributed by atoms with Gasteiger partial charge in [-0.1, -0.05) is 18.9 Å². The molecular formula is C26H31NO5. The molecule has 2 heterocycles. The SMILES string of the molecule is Cc1cc(C)cc(Oc2coc3cc(OCC(O)CN4CCCCCC4)ccc3c2=O)c1. The van der Waals surface area contributed by atoms with Crippen LogP contribution in [0.15, 0.2) is 51.9 Å². The molecule has 1 atom stereocenters. The van der Waals surface area contributed by atoms with Crippen molar-refractivity contribution in [1.82, 2.24) is 4.90 Å². The number of benzene rings is 2. The Hall–Kier alpha value is -2.83. The minimum absolute atomic E-state index is 0.143. The Morgan fingerprint density at radius 3 is 2.44 bits per heavy atom. The predicted octanol–water partition coefficient (Wildman–Crippen LogP) is 4.82. The van der Waals surface area contributed by atoms with E-state index in [9.17, 15) is 9.90 Å². The molecule has 1 N–H and O–H groups in total. The summed E-state index contributed by atoms with van der Waals surface area (Å²) in [6.07, 6.45) is 5.68. The molecule has 1 aromatic heterocycles. The van der Waals surface area contributed by atoms with Crippen molar-refractivity contribution in [3.63, 3.8) is 0 Å². The van der Waals surface area contributed by atoms with Crippen LogP contribution in [0.5, 0.6) is 17.2 Å². The first kappa shape index (κ1) is 22.4. The highest BCUT2D eigenvalue weighted by atomic mass is 16.5. The number of fused-ring (bicyclic) bond motifs is 1. The standard InChI is InChI=1S/C26H31NO5/c1-18-11-19(2)13-22(12-18)32-25-17-31-24-14-21(7-8-23(24)26(25)29)30-16-20(28)15-27-9-5-3-4-6-10-27/h7-8,11-14,17,20,28H,3-6,9-10,15-16H2,1-2H3. The van der Waals surface area contributed by atoms with Gasteiger partial charge in [0.05, 0.1) is 5.39 Å². The first-order valence-corrected chi connectivity index (χ1v) is 11.3. The van der Waals surface area contributed by atoms with Crippen LogP contribution in [0.4, 0.5) is 0 Å². The van der Waals surface area contributed by atoms with E-state index >= 15 is 0 Å². The molecule has 0 saturated carbocycles. The molecule has 0 amide bonds. The number of rotatable bonds is 7. The van der Waals surface area contributed by atoms with Crippen LogP contribution in [-0.4, -0.2) is 42.4 Å². The third-order valence-electron chi connectivity index (χ3n) is 5.75. The molecule has 1 aliphatic rings. The number of aliphatic hydroxyl groups is 1. The Morgan fingerprint density at radius 1 is 1.00 bits per heavy atom. The van der Waals surface area contributed by atoms with Gasteiger partial charge in [-0.05, 0) is 75.2 Å². The van der Waals surface area contributed by atoms with Gasteiger partial charge in [0.2, 0.25) is 11.2 Å². The first-order chi connectivity index (χ1) is 15.5. The summed E-state index contributed by atoms with van der Waals surface area (Å²) in [6.45, 7) is 6.83. The third kappa shape index (κ3) is 5.69. The van der Waals surface area contributed by atoms with E-state index in [1.54, 1.807) is 18.2 Å². The highest BCUT2D eigenvalue weighted by Crippen LogP contribution is 2.25. The van der Waals surface area contributed by atoms with E-state index in [1.165, 1.54) is 31.9 Å². The van der Waals surface area contributed by atoms with Crippen LogP contribution in [-0.2, 0) is 0 Å². The van der Waals surface area contributed by atoms with Gasteiger partial charge in [-0.3, -0.25) is 4.79 Å². The quantitative estimate of drug-likeness (QED) is 0.572. The van der Waals surface area contributed by atoms with Crippen molar-refractivity contribution in [2.75, 3.05) is 26.2 Å². The maximum absolute atomic E-state index is 12.9. The van der Waals surface area contributed by atoms with E-state index in [4.69, 9.17) is 13.9 Å². The largest absolute Gasteiger partial charge is 0.491 e. The lowest BCUT2D eigenvalue weighted by Gasteiger charge is -2.23. The number of aliphatic hydroxyl groups excluding tert-OH is 1. The maximum Gasteiger partial charge on any atom is 0.235 e. The number of hydrogen-bond donors (Lipinski definition) is 1. The summed E-state index contributed by atoms with van der Waals surface area (Å²) in [5, 5.41) is 10.8. The Balaban J connectivity index is 1.41. The fourth-order valence-corrected chi connectivity index (χ4v) is 4.23. The van der Waals surface area contributed by atoms with Gasteiger partial charge in [0.15, 0.2) is 0 Å². The average Bonchev–Trinajstić information content (AvgIpc) is 3.02. The summed E-state index contributed by atoms with van der Waals surface area (Å²) < 4.78 is 17.2. The normalized spacial score (nSPS) is 16.0. The molecule has 32 heavy (non-hydrogen) atoms. The smallest absolute Gasteiger partial charge is 0.235 e. The fourth-order valence-electron chi connectivity index (χ4n) is 4.23. The lowest BCUT2D eigenvalue weighted by molar-refractivity contribution is 0.0694. The van der Waals surface area contributed by atoms with Crippen molar-refractivity contribution in [2.45, 2.75) is 45.6 Å². The molecule has 0 radical (unpaired) electrons. The molecule has 1 fully saturated rings.